The molecule has 2 unspecified atom stereocenters. The molecular formula is C49H63N5O9. The third-order valence-electron chi connectivity index (χ3n) is 16.9. The molecule has 4 fully saturated rings. The van der Waals surface area contributed by atoms with Gasteiger partial charge in [0.05, 0.1) is 33.0 Å². The molecule has 7 heterocycles. The Morgan fingerprint density at radius 2 is 1.70 bits per heavy atom. The van der Waals surface area contributed by atoms with Crippen molar-refractivity contribution in [3.63, 3.8) is 0 Å². The predicted molar refractivity (Wildman–Crippen MR) is 237 cm³/mol. The van der Waals surface area contributed by atoms with Crippen LogP contribution in [0, 0.1) is 11.3 Å². The molecule has 14 heteroatoms. The van der Waals surface area contributed by atoms with Gasteiger partial charge in [0.25, 0.3) is 0 Å². The second kappa shape index (κ2) is 14.7. The first-order valence-electron chi connectivity index (χ1n) is 23.0. The number of carbonyl (C=O) groups excluding carboxylic acids is 3. The van der Waals surface area contributed by atoms with E-state index in [1.165, 1.54) is 21.1 Å². The molecule has 63 heavy (non-hydrogen) atoms. The number of rotatable bonds is 8. The van der Waals surface area contributed by atoms with Crippen molar-refractivity contribution < 1.29 is 43.5 Å². The number of nitrogens with one attached hydrogen (secondary N) is 1. The van der Waals surface area contributed by atoms with E-state index in [9.17, 15) is 19.8 Å². The molecule has 1 spiro atoms. The maximum atomic E-state index is 15.5. The minimum Gasteiger partial charge on any atom is -0.496 e. The highest BCUT2D eigenvalue weighted by Gasteiger charge is 2.80. The number of aromatic amines is 1. The minimum atomic E-state index is -2.31. The first-order chi connectivity index (χ1) is 30.2. The Balaban J connectivity index is 1.27. The van der Waals surface area contributed by atoms with Gasteiger partial charge in [-0.25, -0.2) is 4.79 Å². The zero-order valence-corrected chi connectivity index (χ0v) is 37.8. The number of anilines is 2. The lowest BCUT2D eigenvalue weighted by Crippen LogP contribution is -2.81. The Bertz CT molecular complexity index is 2410. The maximum Gasteiger partial charge on any atom is 0.344 e. The number of methoxy groups -OCH3 is 3. The molecular weight excluding hydrogens is 803 g/mol. The number of piperidine rings is 1. The van der Waals surface area contributed by atoms with Crippen molar-refractivity contribution in [3.8, 4) is 5.75 Å². The Morgan fingerprint density at radius 3 is 2.37 bits per heavy atom. The van der Waals surface area contributed by atoms with E-state index < -0.39 is 57.5 Å². The number of H-pyrrole nitrogens is 1. The van der Waals surface area contributed by atoms with Crippen molar-refractivity contribution in [1.82, 2.24) is 14.8 Å². The summed E-state index contributed by atoms with van der Waals surface area (Å²) >= 11 is 0. The summed E-state index contributed by atoms with van der Waals surface area (Å²) in [5, 5.41) is 26.6. The smallest absolute Gasteiger partial charge is 0.344 e. The summed E-state index contributed by atoms with van der Waals surface area (Å²) < 4.78 is 24.1. The summed E-state index contributed by atoms with van der Waals surface area (Å²) in [6.07, 6.45) is 7.10. The van der Waals surface area contributed by atoms with Gasteiger partial charge in [0.2, 0.25) is 5.60 Å². The topological polar surface area (TPSA) is 157 Å². The van der Waals surface area contributed by atoms with Crippen LogP contribution in [0.3, 0.4) is 0 Å². The highest BCUT2D eigenvalue weighted by Crippen LogP contribution is 2.68. The lowest BCUT2D eigenvalue weighted by atomic mass is 9.47. The number of aliphatic hydroxyl groups is 2. The largest absolute Gasteiger partial charge is 0.496 e. The molecule has 3 saturated heterocycles. The van der Waals surface area contributed by atoms with Crippen molar-refractivity contribution in [3.05, 3.63) is 64.9 Å². The molecule has 338 valence electrons. The lowest BCUT2D eigenvalue weighted by molar-refractivity contribution is -0.228. The van der Waals surface area contributed by atoms with Crippen LogP contribution in [0.25, 0.3) is 10.9 Å². The van der Waals surface area contributed by atoms with Crippen LogP contribution >= 0.6 is 0 Å². The van der Waals surface area contributed by atoms with Crippen LogP contribution < -0.4 is 14.5 Å². The highest BCUT2D eigenvalue weighted by atomic mass is 16.6. The number of likely N-dealkylation sites (N-methyl/N-ethyl adjacent to an activating group) is 1. The number of nitrogens with zero attached hydrogens (tertiary/aromatic N) is 4. The van der Waals surface area contributed by atoms with E-state index in [1.807, 2.05) is 31.9 Å². The normalized spacial score (nSPS) is 36.5. The number of esters is 3. The van der Waals surface area contributed by atoms with Gasteiger partial charge in [0.1, 0.15) is 11.2 Å². The van der Waals surface area contributed by atoms with Gasteiger partial charge in [-0.2, -0.15) is 0 Å². The molecule has 10 atom stereocenters. The summed E-state index contributed by atoms with van der Waals surface area (Å²) in [7, 11) is 6.20. The maximum absolute atomic E-state index is 15.5. The van der Waals surface area contributed by atoms with Crippen molar-refractivity contribution in [1.29, 1.82) is 0 Å². The summed E-state index contributed by atoms with van der Waals surface area (Å²) in [4.78, 5) is 56.0. The Kier molecular flexibility index (Phi) is 9.87. The van der Waals surface area contributed by atoms with Gasteiger partial charge >= 0.3 is 17.9 Å². The summed E-state index contributed by atoms with van der Waals surface area (Å²) in [5.41, 5.74) is -0.451. The molecule has 3 N–H and O–H groups in total. The minimum absolute atomic E-state index is 0.106. The van der Waals surface area contributed by atoms with Crippen LogP contribution in [-0.4, -0.2) is 146 Å². The molecule has 1 saturated carbocycles. The van der Waals surface area contributed by atoms with Crippen LogP contribution in [-0.2, 0) is 45.8 Å². The number of benzene rings is 2. The fourth-order valence-corrected chi connectivity index (χ4v) is 14.3. The summed E-state index contributed by atoms with van der Waals surface area (Å²) in [6.45, 7) is 10.6. The van der Waals surface area contributed by atoms with E-state index in [1.54, 1.807) is 7.11 Å². The highest BCUT2D eigenvalue weighted by molar-refractivity contribution is 5.96. The molecule has 10 rings (SSSR count). The zero-order chi connectivity index (χ0) is 44.4. The molecule has 7 aliphatic rings. The number of hydrogen-bond donors (Lipinski definition) is 3. The Morgan fingerprint density at radius 1 is 0.921 bits per heavy atom. The van der Waals surface area contributed by atoms with E-state index in [2.05, 4.69) is 56.1 Å². The molecule has 0 amide bonds. The first-order valence-corrected chi connectivity index (χ1v) is 23.0. The molecule has 3 aromatic rings. The van der Waals surface area contributed by atoms with Gasteiger partial charge in [0, 0.05) is 110 Å². The van der Waals surface area contributed by atoms with Crippen molar-refractivity contribution in [2.75, 3.05) is 84.0 Å². The molecule has 2 bridgehead atoms. The second-order valence-corrected chi connectivity index (χ2v) is 19.7. The number of aromatic nitrogens is 1. The Labute approximate surface area is 369 Å². The third kappa shape index (κ3) is 5.59. The molecule has 14 nitrogen and oxygen atoms in total. The van der Waals surface area contributed by atoms with Crippen LogP contribution in [0.5, 0.6) is 5.75 Å². The van der Waals surface area contributed by atoms with Gasteiger partial charge in [-0.15, -0.1) is 0 Å². The van der Waals surface area contributed by atoms with Crippen molar-refractivity contribution >= 4 is 40.2 Å². The average Bonchev–Trinajstić information content (AvgIpc) is 3.91. The van der Waals surface area contributed by atoms with Crippen LogP contribution in [0.1, 0.15) is 81.7 Å². The first kappa shape index (κ1) is 42.3. The fraction of sp³-hybridized carbons (Fsp3) is 0.612. The monoisotopic (exact) mass is 865 g/mol. The van der Waals surface area contributed by atoms with Gasteiger partial charge in [-0.1, -0.05) is 26.0 Å². The van der Waals surface area contributed by atoms with Gasteiger partial charge in [-0.05, 0) is 92.8 Å². The van der Waals surface area contributed by atoms with Gasteiger partial charge in [0.15, 0.2) is 6.10 Å². The SMILES string of the molecule is CC[C@]1(O)CC2CN(CCc3c([nH]c4ccc(N5CCC5)cc34)[C@@](C(=O)OC)(c3cc4c(cc3OC)N(C)[C@H]3[C@@](O)(C(=O)OC)[C@H](OC(C)=O)[C@]5(CC)C=CCN6CC[C@]43[C@@H]65)C2)C1. The molecule has 0 radical (unpaired) electrons. The number of ether oxygens (including phenoxy) is 4. The quantitative estimate of drug-likeness (QED) is 0.168. The van der Waals surface area contributed by atoms with Crippen LogP contribution in [0.15, 0.2) is 42.5 Å². The zero-order valence-electron chi connectivity index (χ0n) is 37.8. The van der Waals surface area contributed by atoms with Crippen LogP contribution in [0.2, 0.25) is 0 Å². The van der Waals surface area contributed by atoms with Crippen LogP contribution in [0.4, 0.5) is 11.4 Å². The number of hydrogen-bond acceptors (Lipinski definition) is 13. The molecule has 1 aliphatic carbocycles. The van der Waals surface area contributed by atoms with Crippen molar-refractivity contribution in [2.45, 2.75) is 106 Å². The third-order valence-corrected chi connectivity index (χ3v) is 16.9. The molecule has 6 aliphatic heterocycles. The van der Waals surface area contributed by atoms with E-state index in [0.29, 0.717) is 82.6 Å². The summed E-state index contributed by atoms with van der Waals surface area (Å²) in [5.74, 6) is -1.55. The predicted octanol–water partition coefficient (Wildman–Crippen LogP) is 4.20. The molecule has 1 aromatic heterocycles. The van der Waals surface area contributed by atoms with E-state index in [0.717, 1.165) is 58.6 Å². The standard InChI is InChI=1S/C49H63N5O9/c1-8-45(58)25-30-26-48(43(56)61-6,39-32(14-20-52(27-30)28-45)33-22-31(53-18-11-19-53)12-13-36(33)50-39)35-23-34-37(24-38(35)60-5)51(4)41-47(34)16-21-54-17-10-15-46(9-2,40(47)54)42(63-29(3)55)49(41,59)44(57)62-7/h10,12-13,15,22-24,30,40-42,50,58-59H,8-9,11,14,16-21,25-28H2,1-7H3/t30?,40-,41+,42+,45-,46+,47+,48-,49-/m0/s1. The van der Waals surface area contributed by atoms with Gasteiger partial charge < -0.3 is 43.9 Å². The fourth-order valence-electron chi connectivity index (χ4n) is 14.3. The number of fused-ring (bicyclic) bond motifs is 6. The van der Waals surface area contributed by atoms with E-state index in [4.69, 9.17) is 18.9 Å². The average molecular weight is 866 g/mol. The summed E-state index contributed by atoms with van der Waals surface area (Å²) in [6, 6.07) is 9.39. The van der Waals surface area contributed by atoms with E-state index >= 15 is 4.79 Å². The van der Waals surface area contributed by atoms with Crippen molar-refractivity contribution in [2.24, 2.45) is 11.3 Å². The second-order valence-electron chi connectivity index (χ2n) is 19.7. The lowest BCUT2D eigenvalue weighted by Gasteiger charge is -2.63. The van der Waals surface area contributed by atoms with E-state index in [-0.39, 0.29) is 12.0 Å². The van der Waals surface area contributed by atoms with Gasteiger partial charge in [-0.3, -0.25) is 19.4 Å². The molecule has 2 aromatic carbocycles. The Hall–Kier alpha value is -4.63. The number of carbonyl (C=O) groups is 3.